The molecule has 0 aromatic heterocycles. The molecule has 2 rings (SSSR count). The summed E-state index contributed by atoms with van der Waals surface area (Å²) in [5.41, 5.74) is 12.5. The van der Waals surface area contributed by atoms with Crippen LogP contribution in [0.4, 0.5) is 5.69 Å². The van der Waals surface area contributed by atoms with Gasteiger partial charge in [0.2, 0.25) is 5.91 Å². The summed E-state index contributed by atoms with van der Waals surface area (Å²) in [7, 11) is 0. The molecule has 2 atom stereocenters. The smallest absolute Gasteiger partial charge is 0.304 e. The zero-order valence-electron chi connectivity index (χ0n) is 14.4. The van der Waals surface area contributed by atoms with Crippen LogP contribution in [0.3, 0.4) is 0 Å². The number of carbonyl (C=O) groups is 2. The summed E-state index contributed by atoms with van der Waals surface area (Å²) in [4.78, 5) is 29.2. The van der Waals surface area contributed by atoms with Crippen LogP contribution in [0, 0.1) is 5.92 Å². The monoisotopic (exact) mass is 348 g/mol. The molecule has 0 fully saturated rings. The molecular formula is C17H24N4O4. The maximum atomic E-state index is 12.6. The van der Waals surface area contributed by atoms with Gasteiger partial charge in [-0.3, -0.25) is 9.59 Å². The van der Waals surface area contributed by atoms with E-state index in [-0.39, 0.29) is 18.3 Å². The maximum Gasteiger partial charge on any atom is 0.304 e. The van der Waals surface area contributed by atoms with Crippen molar-refractivity contribution in [2.24, 2.45) is 22.4 Å². The van der Waals surface area contributed by atoms with E-state index in [1.54, 1.807) is 17.0 Å². The van der Waals surface area contributed by atoms with Crippen LogP contribution < -0.4 is 21.1 Å². The first-order valence-electron chi connectivity index (χ1n) is 8.27. The normalized spacial score (nSPS) is 17.6. The average Bonchev–Trinajstić information content (AvgIpc) is 2.54. The fraction of sp³-hybridized carbons (Fsp3) is 0.471. The number of anilines is 1. The minimum Gasteiger partial charge on any atom is -0.481 e. The highest BCUT2D eigenvalue weighted by atomic mass is 16.5. The van der Waals surface area contributed by atoms with E-state index in [9.17, 15) is 9.59 Å². The summed E-state index contributed by atoms with van der Waals surface area (Å²) in [6.07, 6.45) is 0.321. The lowest BCUT2D eigenvalue weighted by Gasteiger charge is -2.33. The lowest BCUT2D eigenvalue weighted by Crippen LogP contribution is -2.42. The highest BCUT2D eigenvalue weighted by Gasteiger charge is 2.33. The summed E-state index contributed by atoms with van der Waals surface area (Å²) in [5, 5.41) is 9.01. The molecular weight excluding hydrogens is 324 g/mol. The number of guanidine groups is 1. The van der Waals surface area contributed by atoms with Gasteiger partial charge in [0.05, 0.1) is 18.0 Å². The standard InChI is InChI=1S/C17H24N4O4/c1-3-14(20-17(18)19)25-12-6-5-10-7-11(8-15(22)23)16(24)21(4-2)13(10)9-12/h5-6,9,11,14H,3-4,7-8H2,1-2H3,(H,22,23)(H4,18,19,20). The van der Waals surface area contributed by atoms with Crippen molar-refractivity contribution in [2.45, 2.75) is 39.3 Å². The van der Waals surface area contributed by atoms with Gasteiger partial charge in [-0.25, -0.2) is 4.99 Å². The summed E-state index contributed by atoms with van der Waals surface area (Å²) >= 11 is 0. The first-order valence-corrected chi connectivity index (χ1v) is 8.27. The third-order valence-corrected chi connectivity index (χ3v) is 4.08. The predicted molar refractivity (Wildman–Crippen MR) is 94.4 cm³/mol. The van der Waals surface area contributed by atoms with Gasteiger partial charge < -0.3 is 26.2 Å². The van der Waals surface area contributed by atoms with Gasteiger partial charge in [0.1, 0.15) is 5.75 Å². The average molecular weight is 348 g/mol. The van der Waals surface area contributed by atoms with E-state index in [1.807, 2.05) is 19.9 Å². The maximum absolute atomic E-state index is 12.6. The molecule has 1 aromatic rings. The van der Waals surface area contributed by atoms with E-state index in [2.05, 4.69) is 4.99 Å². The number of aliphatic imine (C=N–C) groups is 1. The van der Waals surface area contributed by atoms with Gasteiger partial charge >= 0.3 is 5.97 Å². The van der Waals surface area contributed by atoms with Gasteiger partial charge in [-0.05, 0) is 25.0 Å². The van der Waals surface area contributed by atoms with E-state index in [0.717, 1.165) is 11.3 Å². The van der Waals surface area contributed by atoms with Crippen molar-refractivity contribution in [3.8, 4) is 5.75 Å². The number of nitrogens with zero attached hydrogens (tertiary/aromatic N) is 2. The van der Waals surface area contributed by atoms with Gasteiger partial charge in [0.15, 0.2) is 12.2 Å². The molecule has 0 radical (unpaired) electrons. The minimum absolute atomic E-state index is 0.0494. The third kappa shape index (κ3) is 4.40. The zero-order chi connectivity index (χ0) is 18.6. The number of carbonyl (C=O) groups excluding carboxylic acids is 1. The number of rotatable bonds is 7. The Morgan fingerprint density at radius 3 is 2.72 bits per heavy atom. The predicted octanol–water partition coefficient (Wildman–Crippen LogP) is 1.07. The van der Waals surface area contributed by atoms with Crippen molar-refractivity contribution in [1.82, 2.24) is 0 Å². The van der Waals surface area contributed by atoms with Crippen LogP contribution in [0.2, 0.25) is 0 Å². The topological polar surface area (TPSA) is 131 Å². The second-order valence-electron chi connectivity index (χ2n) is 5.91. The fourth-order valence-electron chi connectivity index (χ4n) is 2.95. The number of aliphatic carboxylic acids is 1. The lowest BCUT2D eigenvalue weighted by molar-refractivity contribution is -0.140. The number of fused-ring (bicyclic) bond motifs is 1. The Hall–Kier alpha value is -2.77. The van der Waals surface area contributed by atoms with Crippen LogP contribution in [0.1, 0.15) is 32.3 Å². The second-order valence-corrected chi connectivity index (χ2v) is 5.91. The van der Waals surface area contributed by atoms with Crippen LogP contribution in [0.25, 0.3) is 0 Å². The van der Waals surface area contributed by atoms with Crippen LogP contribution in [-0.4, -0.2) is 35.7 Å². The van der Waals surface area contributed by atoms with Gasteiger partial charge in [-0.2, -0.15) is 0 Å². The van der Waals surface area contributed by atoms with E-state index >= 15 is 0 Å². The van der Waals surface area contributed by atoms with E-state index in [0.29, 0.717) is 25.1 Å². The number of carboxylic acid groups (broad SMARTS) is 1. The Bertz CT molecular complexity index is 685. The molecule has 0 bridgehead atoms. The summed E-state index contributed by atoms with van der Waals surface area (Å²) in [6.45, 7) is 4.21. The number of carboxylic acids is 1. The number of benzene rings is 1. The van der Waals surface area contributed by atoms with Crippen molar-refractivity contribution >= 4 is 23.5 Å². The van der Waals surface area contributed by atoms with Crippen LogP contribution in [0.15, 0.2) is 23.2 Å². The van der Waals surface area contributed by atoms with Crippen molar-refractivity contribution in [3.63, 3.8) is 0 Å². The van der Waals surface area contributed by atoms with E-state index in [4.69, 9.17) is 21.3 Å². The first-order chi connectivity index (χ1) is 11.8. The number of amides is 1. The van der Waals surface area contributed by atoms with Crippen molar-refractivity contribution in [2.75, 3.05) is 11.4 Å². The molecule has 1 aliphatic rings. The molecule has 0 aliphatic carbocycles. The highest BCUT2D eigenvalue weighted by molar-refractivity contribution is 5.99. The number of ether oxygens (including phenoxy) is 1. The number of hydrogen-bond acceptors (Lipinski definition) is 4. The third-order valence-electron chi connectivity index (χ3n) is 4.08. The molecule has 1 aliphatic heterocycles. The van der Waals surface area contributed by atoms with E-state index < -0.39 is 18.1 Å². The first kappa shape index (κ1) is 18.6. The van der Waals surface area contributed by atoms with Gasteiger partial charge in [-0.15, -0.1) is 0 Å². The number of nitrogens with two attached hydrogens (primary N) is 2. The molecule has 1 heterocycles. The SMILES string of the molecule is CCC(N=C(N)N)Oc1ccc2c(c1)N(CC)C(=O)C(CC(=O)O)C2. The molecule has 0 saturated carbocycles. The highest BCUT2D eigenvalue weighted by Crippen LogP contribution is 2.35. The Morgan fingerprint density at radius 1 is 1.44 bits per heavy atom. The zero-order valence-corrected chi connectivity index (χ0v) is 14.4. The molecule has 25 heavy (non-hydrogen) atoms. The van der Waals surface area contributed by atoms with Crippen molar-refractivity contribution < 1.29 is 19.4 Å². The quantitative estimate of drug-likeness (QED) is 0.499. The van der Waals surface area contributed by atoms with Crippen molar-refractivity contribution in [1.29, 1.82) is 0 Å². The minimum atomic E-state index is -0.971. The van der Waals surface area contributed by atoms with Crippen LogP contribution >= 0.6 is 0 Å². The molecule has 5 N–H and O–H groups in total. The lowest BCUT2D eigenvalue weighted by atomic mass is 9.89. The Morgan fingerprint density at radius 2 is 2.16 bits per heavy atom. The molecule has 8 nitrogen and oxygen atoms in total. The van der Waals surface area contributed by atoms with Crippen LogP contribution in [-0.2, 0) is 16.0 Å². The molecule has 0 saturated heterocycles. The van der Waals surface area contributed by atoms with Gasteiger partial charge in [-0.1, -0.05) is 13.0 Å². The molecule has 2 unspecified atom stereocenters. The number of hydrogen-bond donors (Lipinski definition) is 3. The Balaban J connectivity index is 2.29. The Labute approximate surface area is 146 Å². The summed E-state index contributed by atoms with van der Waals surface area (Å²) in [5.74, 6) is -1.18. The van der Waals surface area contributed by atoms with Crippen LogP contribution in [0.5, 0.6) is 5.75 Å². The summed E-state index contributed by atoms with van der Waals surface area (Å²) < 4.78 is 5.78. The molecule has 136 valence electrons. The van der Waals surface area contributed by atoms with E-state index in [1.165, 1.54) is 0 Å². The fourth-order valence-corrected chi connectivity index (χ4v) is 2.95. The molecule has 0 spiro atoms. The summed E-state index contributed by atoms with van der Waals surface area (Å²) in [6, 6.07) is 5.42. The van der Waals surface area contributed by atoms with Crippen molar-refractivity contribution in [3.05, 3.63) is 23.8 Å². The molecule has 8 heteroatoms. The second kappa shape index (κ2) is 7.87. The Kier molecular flexibility index (Phi) is 5.84. The van der Waals surface area contributed by atoms with Gasteiger partial charge in [0, 0.05) is 19.0 Å². The molecule has 1 amide bonds. The van der Waals surface area contributed by atoms with Gasteiger partial charge in [0.25, 0.3) is 0 Å². The largest absolute Gasteiger partial charge is 0.481 e. The molecule has 1 aromatic carbocycles.